The summed E-state index contributed by atoms with van der Waals surface area (Å²) < 4.78 is 0. The van der Waals surface area contributed by atoms with E-state index in [1.165, 1.54) is 12.1 Å². The molecular weight excluding hydrogens is 422 g/mol. The molecule has 1 aromatic heterocycles. The first-order chi connectivity index (χ1) is 15.2. The van der Waals surface area contributed by atoms with Crippen molar-refractivity contribution in [3.05, 3.63) is 45.7 Å². The Labute approximate surface area is 180 Å². The molecule has 8 N–H and O–H groups in total. The summed E-state index contributed by atoms with van der Waals surface area (Å²) >= 11 is 0. The largest absolute Gasteiger partial charge is 0.481 e. The number of carboxylic acid groups (broad SMARTS) is 2. The molecular formula is C19H21N7O6. The van der Waals surface area contributed by atoms with Gasteiger partial charge in [0.15, 0.2) is 5.69 Å². The fraction of sp³-hybridized carbons (Fsp3) is 0.263. The first kappa shape index (κ1) is 22.3. The number of benzene rings is 1. The highest BCUT2D eigenvalue weighted by Crippen LogP contribution is 2.20. The van der Waals surface area contributed by atoms with E-state index in [0.717, 1.165) is 5.56 Å². The predicted molar refractivity (Wildman–Crippen MR) is 114 cm³/mol. The van der Waals surface area contributed by atoms with Crippen LogP contribution in [0.2, 0.25) is 0 Å². The van der Waals surface area contributed by atoms with Crippen LogP contribution in [0.4, 0.5) is 17.5 Å². The highest BCUT2D eigenvalue weighted by atomic mass is 16.4. The summed E-state index contributed by atoms with van der Waals surface area (Å²) in [6.07, 6.45) is -0.594. The van der Waals surface area contributed by atoms with Gasteiger partial charge in [0.25, 0.3) is 5.91 Å². The minimum atomic E-state index is -1.31. The number of aromatic nitrogens is 2. The fourth-order valence-electron chi connectivity index (χ4n) is 2.91. The Bertz CT molecular complexity index is 1130. The van der Waals surface area contributed by atoms with Crippen LogP contribution in [-0.2, 0) is 16.1 Å². The van der Waals surface area contributed by atoms with Crippen molar-refractivity contribution in [2.24, 2.45) is 4.99 Å². The first-order valence-electron chi connectivity index (χ1n) is 9.52. The van der Waals surface area contributed by atoms with E-state index >= 15 is 0 Å². The number of nitrogens with two attached hydrogens (primary N) is 1. The van der Waals surface area contributed by atoms with Crippen LogP contribution in [0.25, 0.3) is 0 Å². The second kappa shape index (κ2) is 9.59. The number of amidine groups is 1. The number of fused-ring (bicyclic) bond motifs is 1. The van der Waals surface area contributed by atoms with Gasteiger partial charge in [0.1, 0.15) is 17.7 Å². The van der Waals surface area contributed by atoms with E-state index in [4.69, 9.17) is 15.9 Å². The summed E-state index contributed by atoms with van der Waals surface area (Å²) in [6.45, 7) is 0.689. The van der Waals surface area contributed by atoms with Crippen LogP contribution in [0.5, 0.6) is 0 Å². The number of aliphatic imine (C=N–C) groups is 1. The van der Waals surface area contributed by atoms with Gasteiger partial charge in [-0.15, -0.1) is 0 Å². The van der Waals surface area contributed by atoms with Crippen LogP contribution in [0.15, 0.2) is 34.1 Å². The number of H-pyrrole nitrogens is 1. The van der Waals surface area contributed by atoms with Gasteiger partial charge in [-0.25, -0.2) is 9.79 Å². The third-order valence-electron chi connectivity index (χ3n) is 4.56. The molecule has 1 aromatic carbocycles. The lowest BCUT2D eigenvalue weighted by Crippen LogP contribution is -2.41. The average molecular weight is 443 g/mol. The number of nitrogen functional groups attached to an aromatic ring is 1. The van der Waals surface area contributed by atoms with Gasteiger partial charge in [-0.2, -0.15) is 4.98 Å². The zero-order valence-corrected chi connectivity index (χ0v) is 16.7. The van der Waals surface area contributed by atoms with Crippen LogP contribution in [0.1, 0.15) is 28.8 Å². The van der Waals surface area contributed by atoms with Gasteiger partial charge in [-0.05, 0) is 24.1 Å². The summed E-state index contributed by atoms with van der Waals surface area (Å²) in [5.74, 6) is -2.17. The number of carbonyl (C=O) groups is 3. The number of carbonyl (C=O) groups excluding carboxylic acids is 1. The monoisotopic (exact) mass is 443 g/mol. The molecule has 1 amide bonds. The lowest BCUT2D eigenvalue weighted by molar-refractivity contribution is -0.140. The number of nitrogens with zero attached hydrogens (tertiary/aromatic N) is 2. The minimum Gasteiger partial charge on any atom is -0.481 e. The van der Waals surface area contributed by atoms with E-state index in [0.29, 0.717) is 24.7 Å². The Hall–Kier alpha value is -4.42. The molecule has 13 heteroatoms. The molecule has 1 aliphatic rings. The highest BCUT2D eigenvalue weighted by molar-refractivity contribution is 5.96. The Morgan fingerprint density at radius 1 is 1.19 bits per heavy atom. The van der Waals surface area contributed by atoms with Gasteiger partial charge in [0, 0.05) is 18.5 Å². The van der Waals surface area contributed by atoms with Crippen molar-refractivity contribution in [3.8, 4) is 0 Å². The molecule has 1 atom stereocenters. The molecule has 13 nitrogen and oxygen atoms in total. The second-order valence-electron chi connectivity index (χ2n) is 6.91. The van der Waals surface area contributed by atoms with Gasteiger partial charge >= 0.3 is 17.5 Å². The summed E-state index contributed by atoms with van der Waals surface area (Å²) in [5.41, 5.74) is 6.11. The number of hydrogen-bond acceptors (Lipinski definition) is 9. The number of rotatable bonds is 8. The van der Waals surface area contributed by atoms with E-state index in [2.05, 4.69) is 30.9 Å². The number of amides is 1. The van der Waals surface area contributed by atoms with Crippen LogP contribution in [0, 0.1) is 0 Å². The maximum atomic E-state index is 12.3. The van der Waals surface area contributed by atoms with Crippen molar-refractivity contribution < 1.29 is 24.6 Å². The van der Waals surface area contributed by atoms with Crippen molar-refractivity contribution in [2.75, 3.05) is 17.6 Å². The van der Waals surface area contributed by atoms with E-state index in [1.54, 1.807) is 12.1 Å². The summed E-state index contributed by atoms with van der Waals surface area (Å²) in [4.78, 5) is 56.6. The summed E-state index contributed by atoms with van der Waals surface area (Å²) in [7, 11) is 0. The molecule has 1 aliphatic heterocycles. The molecule has 2 heterocycles. The number of anilines is 2. The molecule has 0 fully saturated rings. The second-order valence-corrected chi connectivity index (χ2v) is 6.91. The standard InChI is InChI=1S/C19H21N7O6/c20-19-25-15-14(17(30)26-19)24-12(8-22-15)21-7-9-1-3-10(4-2-9)16(29)23-11(18(31)32)5-6-13(27)28/h1-4,11H,5-8H2,(H,21,24)(H,23,29)(H,27,28)(H,31,32)(H4,20,22,25,26,30)/t11-/m0/s1. The predicted octanol–water partition coefficient (Wildman–Crippen LogP) is -0.355. The topological polar surface area (TPSA) is 212 Å². The van der Waals surface area contributed by atoms with Crippen molar-refractivity contribution in [1.82, 2.24) is 20.6 Å². The fourth-order valence-corrected chi connectivity index (χ4v) is 2.91. The van der Waals surface area contributed by atoms with Crippen LogP contribution in [0.3, 0.4) is 0 Å². The van der Waals surface area contributed by atoms with Crippen molar-refractivity contribution >= 4 is 41.1 Å². The first-order valence-corrected chi connectivity index (χ1v) is 9.52. The van der Waals surface area contributed by atoms with E-state index in [1.807, 2.05) is 0 Å². The zero-order chi connectivity index (χ0) is 23.3. The number of aromatic amines is 1. The van der Waals surface area contributed by atoms with E-state index < -0.39 is 29.4 Å². The average Bonchev–Trinajstić information content (AvgIpc) is 2.75. The minimum absolute atomic E-state index is 0.00598. The van der Waals surface area contributed by atoms with Gasteiger partial charge in [0.2, 0.25) is 5.95 Å². The maximum absolute atomic E-state index is 12.3. The Morgan fingerprint density at radius 2 is 1.91 bits per heavy atom. The lowest BCUT2D eigenvalue weighted by Gasteiger charge is -2.18. The van der Waals surface area contributed by atoms with E-state index in [9.17, 15) is 19.2 Å². The molecule has 0 radical (unpaired) electrons. The van der Waals surface area contributed by atoms with E-state index in [-0.39, 0.29) is 30.0 Å². The molecule has 32 heavy (non-hydrogen) atoms. The van der Waals surface area contributed by atoms with Crippen molar-refractivity contribution in [2.45, 2.75) is 25.4 Å². The van der Waals surface area contributed by atoms with Gasteiger partial charge < -0.3 is 36.9 Å². The zero-order valence-electron chi connectivity index (χ0n) is 16.7. The van der Waals surface area contributed by atoms with Crippen molar-refractivity contribution in [3.63, 3.8) is 0 Å². The third-order valence-corrected chi connectivity index (χ3v) is 4.56. The molecule has 0 unspecified atom stereocenters. The Morgan fingerprint density at radius 3 is 2.56 bits per heavy atom. The summed E-state index contributed by atoms with van der Waals surface area (Å²) in [5, 5.41) is 26.2. The molecule has 0 bridgehead atoms. The number of hydrogen-bond donors (Lipinski definition) is 7. The van der Waals surface area contributed by atoms with Gasteiger partial charge in [0.05, 0.1) is 6.54 Å². The molecule has 0 spiro atoms. The molecule has 168 valence electrons. The molecule has 0 aliphatic carbocycles. The lowest BCUT2D eigenvalue weighted by atomic mass is 10.1. The van der Waals surface area contributed by atoms with Crippen LogP contribution >= 0.6 is 0 Å². The number of nitrogens with one attached hydrogen (secondary N) is 4. The van der Waals surface area contributed by atoms with Gasteiger partial charge in [-0.3, -0.25) is 14.4 Å². The Balaban J connectivity index is 1.59. The number of aliphatic carboxylic acids is 2. The molecule has 2 aromatic rings. The van der Waals surface area contributed by atoms with Crippen LogP contribution < -0.4 is 27.2 Å². The normalized spacial score (nSPS) is 13.2. The SMILES string of the molecule is Nc1nc(=O)c2c([nH]1)NCC(NCc1ccc(C(=O)N[C@@H](CCC(=O)O)C(=O)O)cc1)=N2. The quantitative estimate of drug-likeness (QED) is 0.281. The third kappa shape index (κ3) is 5.59. The number of carboxylic acids is 2. The Kier molecular flexibility index (Phi) is 6.68. The van der Waals surface area contributed by atoms with Crippen LogP contribution in [-0.4, -0.2) is 56.4 Å². The summed E-state index contributed by atoms with van der Waals surface area (Å²) in [6, 6.07) is 5.10. The smallest absolute Gasteiger partial charge is 0.326 e. The highest BCUT2D eigenvalue weighted by Gasteiger charge is 2.21. The molecule has 3 rings (SSSR count). The maximum Gasteiger partial charge on any atom is 0.326 e. The molecule has 0 saturated carbocycles. The van der Waals surface area contributed by atoms with Gasteiger partial charge in [-0.1, -0.05) is 12.1 Å². The van der Waals surface area contributed by atoms with Crippen molar-refractivity contribution in [1.29, 1.82) is 0 Å². The molecule has 0 saturated heterocycles.